The molecular weight excluding hydrogens is 248 g/mol. The fraction of sp³-hybridized carbons (Fsp3) is 0.385. The monoisotopic (exact) mass is 264 g/mol. The summed E-state index contributed by atoms with van der Waals surface area (Å²) in [5.74, 6) is -0.356. The highest BCUT2D eigenvalue weighted by atomic mass is 16.5. The lowest BCUT2D eigenvalue weighted by Gasteiger charge is -2.38. The molecule has 1 aliphatic heterocycles. The van der Waals surface area contributed by atoms with Crippen LogP contribution in [0.4, 0.5) is 5.69 Å². The standard InChI is InChI=1S/C13H16N2O4/c1-19-9-2-3-10(11(14)5-9)13(18)15-6-8(7-15)4-12(16)17/h2-3,5,8H,4,6-7,14H2,1H3,(H,16,17). The van der Waals surface area contributed by atoms with Crippen molar-refractivity contribution in [1.29, 1.82) is 0 Å². The van der Waals surface area contributed by atoms with Gasteiger partial charge in [0.2, 0.25) is 0 Å². The van der Waals surface area contributed by atoms with E-state index in [1.807, 2.05) is 0 Å². The number of nitrogens with zero attached hydrogens (tertiary/aromatic N) is 1. The van der Waals surface area contributed by atoms with Gasteiger partial charge in [0.1, 0.15) is 5.75 Å². The highest BCUT2D eigenvalue weighted by Gasteiger charge is 2.33. The molecule has 0 aromatic heterocycles. The molecule has 2 rings (SSSR count). The molecule has 1 aromatic rings. The number of carbonyl (C=O) groups excluding carboxylic acids is 1. The Bertz CT molecular complexity index is 509. The van der Waals surface area contributed by atoms with Crippen molar-refractivity contribution >= 4 is 17.6 Å². The first-order chi connectivity index (χ1) is 9.01. The number of nitrogens with two attached hydrogens (primary N) is 1. The number of methoxy groups -OCH3 is 1. The summed E-state index contributed by atoms with van der Waals surface area (Å²) in [6, 6.07) is 4.90. The van der Waals surface area contributed by atoms with Crippen LogP contribution in [-0.4, -0.2) is 42.1 Å². The molecule has 0 radical (unpaired) electrons. The number of hydrogen-bond donors (Lipinski definition) is 2. The third-order valence-corrected chi connectivity index (χ3v) is 3.20. The number of hydrogen-bond acceptors (Lipinski definition) is 4. The maximum Gasteiger partial charge on any atom is 0.303 e. The first-order valence-electron chi connectivity index (χ1n) is 5.96. The van der Waals surface area contributed by atoms with Gasteiger partial charge in [0, 0.05) is 30.8 Å². The van der Waals surface area contributed by atoms with Gasteiger partial charge in [-0.15, -0.1) is 0 Å². The molecule has 0 saturated carbocycles. The summed E-state index contributed by atoms with van der Waals surface area (Å²) in [6.07, 6.45) is 0.0991. The Balaban J connectivity index is 2.00. The molecule has 0 spiro atoms. The van der Waals surface area contributed by atoms with Crippen molar-refractivity contribution in [1.82, 2.24) is 4.90 Å². The molecule has 6 heteroatoms. The minimum absolute atomic E-state index is 0.0425. The zero-order valence-corrected chi connectivity index (χ0v) is 10.6. The van der Waals surface area contributed by atoms with Crippen molar-refractivity contribution in [2.75, 3.05) is 25.9 Å². The summed E-state index contributed by atoms with van der Waals surface area (Å²) in [7, 11) is 1.53. The smallest absolute Gasteiger partial charge is 0.303 e. The summed E-state index contributed by atoms with van der Waals surface area (Å²) in [5.41, 5.74) is 6.60. The number of likely N-dealkylation sites (tertiary alicyclic amines) is 1. The number of carboxylic acids is 1. The molecule has 0 unspecified atom stereocenters. The zero-order chi connectivity index (χ0) is 14.0. The maximum absolute atomic E-state index is 12.1. The molecule has 1 aromatic carbocycles. The Morgan fingerprint density at radius 2 is 2.16 bits per heavy atom. The average Bonchev–Trinajstić information content (AvgIpc) is 2.32. The van der Waals surface area contributed by atoms with E-state index in [2.05, 4.69) is 0 Å². The molecule has 102 valence electrons. The fourth-order valence-corrected chi connectivity index (χ4v) is 2.14. The van der Waals surface area contributed by atoms with E-state index in [9.17, 15) is 9.59 Å². The van der Waals surface area contributed by atoms with Crippen molar-refractivity contribution in [3.05, 3.63) is 23.8 Å². The Labute approximate surface area is 110 Å². The summed E-state index contributed by atoms with van der Waals surface area (Å²) in [5, 5.41) is 8.66. The minimum Gasteiger partial charge on any atom is -0.497 e. The topological polar surface area (TPSA) is 92.9 Å². The van der Waals surface area contributed by atoms with Crippen LogP contribution >= 0.6 is 0 Å². The molecule has 6 nitrogen and oxygen atoms in total. The summed E-state index contributed by atoms with van der Waals surface area (Å²) in [6.45, 7) is 0.938. The van der Waals surface area contributed by atoms with E-state index in [1.165, 1.54) is 7.11 Å². The highest BCUT2D eigenvalue weighted by molar-refractivity contribution is 5.99. The number of carboxylic acid groups (broad SMARTS) is 1. The second-order valence-corrected chi connectivity index (χ2v) is 4.63. The normalized spacial score (nSPS) is 14.9. The lowest BCUT2D eigenvalue weighted by Crippen LogP contribution is -2.50. The quantitative estimate of drug-likeness (QED) is 0.785. The first kappa shape index (κ1) is 13.2. The second-order valence-electron chi connectivity index (χ2n) is 4.63. The molecule has 19 heavy (non-hydrogen) atoms. The Hall–Kier alpha value is -2.24. The van der Waals surface area contributed by atoms with Gasteiger partial charge in [0.05, 0.1) is 19.1 Å². The van der Waals surface area contributed by atoms with Gasteiger partial charge >= 0.3 is 5.97 Å². The van der Waals surface area contributed by atoms with Crippen molar-refractivity contribution in [3.8, 4) is 5.75 Å². The van der Waals surface area contributed by atoms with E-state index in [0.717, 1.165) is 0 Å². The molecule has 0 aliphatic carbocycles. The van der Waals surface area contributed by atoms with Crippen molar-refractivity contribution in [2.24, 2.45) is 5.92 Å². The van der Waals surface area contributed by atoms with E-state index < -0.39 is 5.97 Å². The SMILES string of the molecule is COc1ccc(C(=O)N2CC(CC(=O)O)C2)c(N)c1. The fourth-order valence-electron chi connectivity index (χ4n) is 2.14. The van der Waals surface area contributed by atoms with Crippen LogP contribution < -0.4 is 10.5 Å². The van der Waals surface area contributed by atoms with Gasteiger partial charge in [0.15, 0.2) is 0 Å². The van der Waals surface area contributed by atoms with Crippen molar-refractivity contribution in [3.63, 3.8) is 0 Å². The number of anilines is 1. The molecule has 3 N–H and O–H groups in total. The van der Waals surface area contributed by atoms with Crippen LogP contribution in [-0.2, 0) is 4.79 Å². The van der Waals surface area contributed by atoms with Crippen LogP contribution in [0.15, 0.2) is 18.2 Å². The number of aliphatic carboxylic acids is 1. The molecule has 1 heterocycles. The number of nitrogen functional groups attached to an aromatic ring is 1. The predicted molar refractivity (Wildman–Crippen MR) is 69.1 cm³/mol. The van der Waals surface area contributed by atoms with E-state index in [0.29, 0.717) is 30.1 Å². The average molecular weight is 264 g/mol. The third-order valence-electron chi connectivity index (χ3n) is 3.20. The molecule has 1 amide bonds. The summed E-state index contributed by atoms with van der Waals surface area (Å²) in [4.78, 5) is 24.3. The van der Waals surface area contributed by atoms with Crippen LogP contribution in [0.2, 0.25) is 0 Å². The van der Waals surface area contributed by atoms with Crippen LogP contribution in [0.3, 0.4) is 0 Å². The van der Waals surface area contributed by atoms with Crippen LogP contribution in [0, 0.1) is 5.92 Å². The van der Waals surface area contributed by atoms with Crippen molar-refractivity contribution in [2.45, 2.75) is 6.42 Å². The second kappa shape index (κ2) is 5.17. The zero-order valence-electron chi connectivity index (χ0n) is 10.6. The lowest BCUT2D eigenvalue weighted by atomic mass is 9.95. The van der Waals surface area contributed by atoms with Crippen LogP contribution in [0.5, 0.6) is 5.75 Å². The Kier molecular flexibility index (Phi) is 3.59. The van der Waals surface area contributed by atoms with Gasteiger partial charge in [-0.1, -0.05) is 0 Å². The minimum atomic E-state index is -0.832. The van der Waals surface area contributed by atoms with Crippen molar-refractivity contribution < 1.29 is 19.4 Å². The van der Waals surface area contributed by atoms with E-state index in [-0.39, 0.29) is 18.2 Å². The number of rotatable bonds is 4. The summed E-state index contributed by atoms with van der Waals surface area (Å²) >= 11 is 0. The van der Waals surface area contributed by atoms with Gasteiger partial charge in [-0.2, -0.15) is 0 Å². The van der Waals surface area contributed by atoms with Gasteiger partial charge in [-0.3, -0.25) is 9.59 Å². The molecule has 1 saturated heterocycles. The molecule has 0 bridgehead atoms. The number of benzene rings is 1. The lowest BCUT2D eigenvalue weighted by molar-refractivity contribution is -0.139. The Morgan fingerprint density at radius 1 is 1.47 bits per heavy atom. The van der Waals surface area contributed by atoms with Gasteiger partial charge in [0.25, 0.3) is 5.91 Å². The molecule has 1 aliphatic rings. The van der Waals surface area contributed by atoms with Gasteiger partial charge < -0.3 is 20.5 Å². The van der Waals surface area contributed by atoms with Crippen LogP contribution in [0.25, 0.3) is 0 Å². The van der Waals surface area contributed by atoms with Gasteiger partial charge in [-0.05, 0) is 12.1 Å². The van der Waals surface area contributed by atoms with Crippen LogP contribution in [0.1, 0.15) is 16.8 Å². The molecule has 1 fully saturated rings. The maximum atomic E-state index is 12.1. The third kappa shape index (κ3) is 2.78. The number of ether oxygens (including phenoxy) is 1. The molecular formula is C13H16N2O4. The molecule has 0 atom stereocenters. The van der Waals surface area contributed by atoms with E-state index >= 15 is 0 Å². The predicted octanol–water partition coefficient (Wildman–Crippen LogP) is 0.824. The largest absolute Gasteiger partial charge is 0.497 e. The highest BCUT2D eigenvalue weighted by Crippen LogP contribution is 2.25. The van der Waals surface area contributed by atoms with E-state index in [4.69, 9.17) is 15.6 Å². The van der Waals surface area contributed by atoms with E-state index in [1.54, 1.807) is 23.1 Å². The van der Waals surface area contributed by atoms with Gasteiger partial charge in [-0.25, -0.2) is 0 Å². The summed E-state index contributed by atoms with van der Waals surface area (Å²) < 4.78 is 5.02. The number of amides is 1. The Morgan fingerprint density at radius 3 is 2.68 bits per heavy atom. The number of carbonyl (C=O) groups is 2. The first-order valence-corrected chi connectivity index (χ1v) is 5.96.